The summed E-state index contributed by atoms with van der Waals surface area (Å²) in [6, 6.07) is 9.46. The van der Waals surface area contributed by atoms with Crippen LogP contribution in [0.25, 0.3) is 0 Å². The molecule has 1 aliphatic rings. The van der Waals surface area contributed by atoms with E-state index in [1.54, 1.807) is 0 Å². The van der Waals surface area contributed by atoms with Gasteiger partial charge in [-0.25, -0.2) is 0 Å². The topological polar surface area (TPSA) is 134 Å². The van der Waals surface area contributed by atoms with Crippen LogP contribution in [0.1, 0.15) is 23.1 Å². The zero-order valence-electron chi connectivity index (χ0n) is 13.2. The van der Waals surface area contributed by atoms with Gasteiger partial charge in [0, 0.05) is 0 Å². The zero-order chi connectivity index (χ0) is 18.0. The minimum Gasteiger partial charge on any atom is -0.484 e. The predicted octanol–water partition coefficient (Wildman–Crippen LogP) is -0.223. The van der Waals surface area contributed by atoms with Crippen molar-refractivity contribution in [1.82, 2.24) is 10.2 Å². The molecule has 0 unspecified atom stereocenters. The Bertz CT molecular complexity index is 739. The normalized spacial score (nSPS) is 25.9. The van der Waals surface area contributed by atoms with Crippen LogP contribution in [0.3, 0.4) is 0 Å². The van der Waals surface area contributed by atoms with Crippen LogP contribution in [0.5, 0.6) is 5.75 Å². The lowest BCUT2D eigenvalue weighted by molar-refractivity contribution is -0.0247. The lowest BCUT2D eigenvalue weighted by Crippen LogP contribution is -2.32. The fourth-order valence-corrected chi connectivity index (χ4v) is 2.86. The van der Waals surface area contributed by atoms with Crippen molar-refractivity contribution in [2.24, 2.45) is 5.73 Å². The fourth-order valence-electron chi connectivity index (χ4n) is 2.72. The molecule has 1 fully saturated rings. The molecule has 0 bridgehead atoms. The molecule has 134 valence electrons. The van der Waals surface area contributed by atoms with Gasteiger partial charge in [-0.3, -0.25) is 5.10 Å². The Morgan fingerprint density at radius 2 is 2.00 bits per heavy atom. The summed E-state index contributed by atoms with van der Waals surface area (Å²) in [4.78, 5) is 0.0253. The summed E-state index contributed by atoms with van der Waals surface area (Å²) >= 11 is 4.99. The van der Waals surface area contributed by atoms with Gasteiger partial charge in [0.1, 0.15) is 41.7 Å². The second kappa shape index (κ2) is 7.46. The molecular formula is C16H19N3O5S. The summed E-state index contributed by atoms with van der Waals surface area (Å²) in [6.07, 6.45) is -4.34. The van der Waals surface area contributed by atoms with Crippen LogP contribution >= 0.6 is 12.2 Å². The molecule has 1 aliphatic heterocycles. The van der Waals surface area contributed by atoms with Crippen LogP contribution in [0, 0.1) is 0 Å². The SMILES string of the molecule is NC(=S)c1n[nH]c([C@@H]2O[C@H](CO)[C@@H](O)[C@H]2O)c1OCc1ccccc1. The molecule has 1 aromatic carbocycles. The molecule has 3 rings (SSSR count). The Kier molecular flexibility index (Phi) is 5.30. The monoisotopic (exact) mass is 365 g/mol. The number of ether oxygens (including phenoxy) is 2. The van der Waals surface area contributed by atoms with E-state index in [1.165, 1.54) is 0 Å². The maximum atomic E-state index is 10.2. The number of hydrogen-bond acceptors (Lipinski definition) is 7. The van der Waals surface area contributed by atoms with Gasteiger partial charge in [-0.15, -0.1) is 0 Å². The molecular weight excluding hydrogens is 346 g/mol. The van der Waals surface area contributed by atoms with Crippen LogP contribution in [-0.2, 0) is 11.3 Å². The van der Waals surface area contributed by atoms with Crippen LogP contribution in [-0.4, -0.2) is 55.4 Å². The molecule has 1 aromatic heterocycles. The van der Waals surface area contributed by atoms with E-state index in [-0.39, 0.29) is 23.0 Å². The van der Waals surface area contributed by atoms with Crippen molar-refractivity contribution in [3.8, 4) is 5.75 Å². The summed E-state index contributed by atoms with van der Waals surface area (Å²) in [7, 11) is 0. The third kappa shape index (κ3) is 3.51. The molecule has 9 heteroatoms. The maximum Gasteiger partial charge on any atom is 0.173 e. The van der Waals surface area contributed by atoms with E-state index in [0.29, 0.717) is 5.69 Å². The summed E-state index contributed by atoms with van der Waals surface area (Å²) in [5.74, 6) is 0.256. The van der Waals surface area contributed by atoms with Crippen LogP contribution in [0.15, 0.2) is 30.3 Å². The Morgan fingerprint density at radius 1 is 1.28 bits per heavy atom. The van der Waals surface area contributed by atoms with E-state index >= 15 is 0 Å². The third-order valence-corrected chi connectivity index (χ3v) is 4.23. The van der Waals surface area contributed by atoms with Gasteiger partial charge in [-0.1, -0.05) is 42.5 Å². The van der Waals surface area contributed by atoms with E-state index in [9.17, 15) is 15.3 Å². The van der Waals surface area contributed by atoms with Gasteiger partial charge < -0.3 is 30.5 Å². The Balaban J connectivity index is 1.88. The van der Waals surface area contributed by atoms with Crippen molar-refractivity contribution >= 4 is 17.2 Å². The zero-order valence-corrected chi connectivity index (χ0v) is 14.0. The molecule has 0 saturated carbocycles. The molecule has 0 spiro atoms. The summed E-state index contributed by atoms with van der Waals surface area (Å²) in [5, 5.41) is 36.1. The van der Waals surface area contributed by atoms with Crippen molar-refractivity contribution in [2.75, 3.05) is 6.61 Å². The molecule has 8 nitrogen and oxygen atoms in total. The lowest BCUT2D eigenvalue weighted by atomic mass is 10.1. The van der Waals surface area contributed by atoms with Crippen LogP contribution in [0.2, 0.25) is 0 Å². The van der Waals surface area contributed by atoms with Gasteiger partial charge in [0.2, 0.25) is 0 Å². The number of thiocarbonyl (C=S) groups is 1. The minimum atomic E-state index is -1.25. The molecule has 0 radical (unpaired) electrons. The van der Waals surface area contributed by atoms with Crippen LogP contribution in [0.4, 0.5) is 0 Å². The van der Waals surface area contributed by atoms with E-state index in [2.05, 4.69) is 10.2 Å². The van der Waals surface area contributed by atoms with Crippen molar-refractivity contribution < 1.29 is 24.8 Å². The van der Waals surface area contributed by atoms with Gasteiger partial charge in [-0.2, -0.15) is 5.10 Å². The smallest absolute Gasteiger partial charge is 0.173 e. The van der Waals surface area contributed by atoms with E-state index < -0.39 is 31.0 Å². The Labute approximate surface area is 149 Å². The predicted molar refractivity (Wildman–Crippen MR) is 92.0 cm³/mol. The first kappa shape index (κ1) is 17.8. The highest BCUT2D eigenvalue weighted by Gasteiger charge is 2.45. The fraction of sp³-hybridized carbons (Fsp3) is 0.375. The molecule has 2 heterocycles. The van der Waals surface area contributed by atoms with Gasteiger partial charge in [-0.05, 0) is 5.56 Å². The average Bonchev–Trinajstić information content (AvgIpc) is 3.16. The molecule has 25 heavy (non-hydrogen) atoms. The third-order valence-electron chi connectivity index (χ3n) is 4.03. The summed E-state index contributed by atoms with van der Waals surface area (Å²) < 4.78 is 11.3. The Hall–Kier alpha value is -2.04. The number of benzene rings is 1. The van der Waals surface area contributed by atoms with Gasteiger partial charge in [0.25, 0.3) is 0 Å². The standard InChI is InChI=1S/C16H19N3O5S/c17-16(25)11-14(23-7-8-4-2-1-3-5-8)10(18-19-11)15-13(22)12(21)9(6-20)24-15/h1-5,9,12-13,15,20-22H,6-7H2,(H2,17,25)(H,18,19)/t9-,12-,13-,15+/m1/s1. The number of aliphatic hydroxyl groups excluding tert-OH is 3. The minimum absolute atomic E-state index is 0.0253. The highest BCUT2D eigenvalue weighted by Crippen LogP contribution is 2.38. The number of aromatic amines is 1. The first-order chi connectivity index (χ1) is 12.0. The Morgan fingerprint density at radius 3 is 2.60 bits per heavy atom. The second-order valence-corrected chi connectivity index (χ2v) is 6.15. The van der Waals surface area contributed by atoms with E-state index in [1.807, 2.05) is 30.3 Å². The van der Waals surface area contributed by atoms with E-state index in [4.69, 9.17) is 27.4 Å². The summed E-state index contributed by atoms with van der Waals surface area (Å²) in [5.41, 5.74) is 7.15. The van der Waals surface area contributed by atoms with Gasteiger partial charge in [0.05, 0.1) is 6.61 Å². The van der Waals surface area contributed by atoms with Crippen molar-refractivity contribution in [2.45, 2.75) is 31.0 Å². The van der Waals surface area contributed by atoms with Crippen molar-refractivity contribution in [3.63, 3.8) is 0 Å². The van der Waals surface area contributed by atoms with Crippen molar-refractivity contribution in [3.05, 3.63) is 47.3 Å². The van der Waals surface area contributed by atoms with Crippen LogP contribution < -0.4 is 10.5 Å². The highest BCUT2D eigenvalue weighted by molar-refractivity contribution is 7.80. The average molecular weight is 365 g/mol. The molecule has 0 amide bonds. The first-order valence-electron chi connectivity index (χ1n) is 7.70. The molecule has 6 N–H and O–H groups in total. The number of aliphatic hydroxyl groups is 3. The number of H-pyrrole nitrogens is 1. The number of nitrogens with zero attached hydrogens (tertiary/aromatic N) is 1. The number of nitrogens with two attached hydrogens (primary N) is 1. The number of rotatable bonds is 6. The lowest BCUT2D eigenvalue weighted by Gasteiger charge is -2.16. The van der Waals surface area contributed by atoms with Gasteiger partial charge in [0.15, 0.2) is 11.4 Å². The second-order valence-electron chi connectivity index (χ2n) is 5.71. The number of nitrogens with one attached hydrogen (secondary N) is 1. The molecule has 1 saturated heterocycles. The molecule has 0 aliphatic carbocycles. The van der Waals surface area contributed by atoms with Gasteiger partial charge >= 0.3 is 0 Å². The summed E-state index contributed by atoms with van der Waals surface area (Å²) in [6.45, 7) is -0.191. The maximum absolute atomic E-state index is 10.2. The number of aromatic nitrogens is 2. The van der Waals surface area contributed by atoms with E-state index in [0.717, 1.165) is 5.56 Å². The largest absolute Gasteiger partial charge is 0.484 e. The quantitative estimate of drug-likeness (QED) is 0.444. The highest BCUT2D eigenvalue weighted by atomic mass is 32.1. The first-order valence-corrected chi connectivity index (χ1v) is 8.11. The molecule has 4 atom stereocenters. The number of hydrogen-bond donors (Lipinski definition) is 5. The molecule has 2 aromatic rings. The van der Waals surface area contributed by atoms with Crippen molar-refractivity contribution in [1.29, 1.82) is 0 Å².